The van der Waals surface area contributed by atoms with Crippen molar-refractivity contribution in [2.24, 2.45) is 5.92 Å². The lowest BCUT2D eigenvalue weighted by atomic mass is 9.93. The maximum absolute atomic E-state index is 12.3. The molecule has 0 aliphatic carbocycles. The molecule has 188 valence electrons. The number of methoxy groups -OCH3 is 2. The molecule has 2 rings (SSSR count). The van der Waals surface area contributed by atoms with Crippen LogP contribution in [0.5, 0.6) is 11.5 Å². The van der Waals surface area contributed by atoms with Crippen molar-refractivity contribution in [1.82, 2.24) is 0 Å². The van der Waals surface area contributed by atoms with Crippen molar-refractivity contribution in [2.45, 2.75) is 39.7 Å². The first kappa shape index (κ1) is 27.6. The largest absolute Gasteiger partial charge is 0.507 e. The van der Waals surface area contributed by atoms with E-state index in [1.54, 1.807) is 12.2 Å². The molecule has 0 fully saturated rings. The van der Waals surface area contributed by atoms with Crippen molar-refractivity contribution in [1.29, 1.82) is 0 Å². The molecule has 1 unspecified atom stereocenters. The zero-order chi connectivity index (χ0) is 25.5. The third-order valence-corrected chi connectivity index (χ3v) is 7.65. The number of rotatable bonds is 12. The van der Waals surface area contributed by atoms with Crippen LogP contribution in [0, 0.1) is 12.8 Å². The van der Waals surface area contributed by atoms with Gasteiger partial charge >= 0.3 is 19.5 Å². The molecule has 10 heteroatoms. The Bertz CT molecular complexity index is 1020. The van der Waals surface area contributed by atoms with Crippen molar-refractivity contribution in [3.63, 3.8) is 0 Å². The molecule has 1 aliphatic rings. The zero-order valence-corrected chi connectivity index (χ0v) is 21.4. The molecule has 1 atom stereocenters. The van der Waals surface area contributed by atoms with E-state index >= 15 is 0 Å². The Morgan fingerprint density at radius 1 is 1.21 bits per heavy atom. The van der Waals surface area contributed by atoms with Crippen LogP contribution in [0.15, 0.2) is 23.8 Å². The third kappa shape index (κ3) is 6.29. The summed E-state index contributed by atoms with van der Waals surface area (Å²) >= 11 is 0. The Balaban J connectivity index is 2.18. The van der Waals surface area contributed by atoms with Gasteiger partial charge in [0.15, 0.2) is 0 Å². The van der Waals surface area contributed by atoms with Crippen molar-refractivity contribution in [2.75, 3.05) is 34.6 Å². The minimum atomic E-state index is -3.15. The van der Waals surface area contributed by atoms with E-state index in [0.717, 1.165) is 11.1 Å². The standard InChI is InChI=1S/C24H33O9P/c1-15(13-17(23(26)30-4)9-7-8-12-34(28,31-5)32-6)10-11-18-21(25)20-19(14-33-24(20)27)16(2)22(18)29-3/h7-8,10,17,25H,9,11-14H2,1-6H3/b8-7+,15-10+. The lowest BCUT2D eigenvalue weighted by molar-refractivity contribution is -0.145. The Kier molecular flexibility index (Phi) is 9.91. The average Bonchev–Trinajstić information content (AvgIpc) is 3.23. The maximum atomic E-state index is 12.3. The molecule has 1 aromatic rings. The van der Waals surface area contributed by atoms with Crippen LogP contribution in [0.3, 0.4) is 0 Å². The molecule has 1 aliphatic heterocycles. The molecule has 9 nitrogen and oxygen atoms in total. The summed E-state index contributed by atoms with van der Waals surface area (Å²) in [5.41, 5.74) is 2.95. The molecule has 0 spiro atoms. The molecule has 0 saturated heterocycles. The van der Waals surface area contributed by atoms with Gasteiger partial charge in [-0.25, -0.2) is 4.79 Å². The van der Waals surface area contributed by atoms with E-state index in [1.807, 2.05) is 19.9 Å². The second-order valence-corrected chi connectivity index (χ2v) is 10.3. The first-order valence-electron chi connectivity index (χ1n) is 10.8. The quantitative estimate of drug-likeness (QED) is 0.254. The van der Waals surface area contributed by atoms with E-state index in [0.29, 0.717) is 36.1 Å². The minimum absolute atomic E-state index is 0.0991. The molecule has 0 saturated carbocycles. The van der Waals surface area contributed by atoms with Crippen molar-refractivity contribution >= 4 is 19.5 Å². The molecule has 0 radical (unpaired) electrons. The molecule has 1 heterocycles. The van der Waals surface area contributed by atoms with Crippen LogP contribution in [0.2, 0.25) is 0 Å². The Morgan fingerprint density at radius 2 is 1.88 bits per heavy atom. The Hall–Kier alpha value is -2.61. The summed E-state index contributed by atoms with van der Waals surface area (Å²) < 4.78 is 37.4. The smallest absolute Gasteiger partial charge is 0.342 e. The van der Waals surface area contributed by atoms with E-state index in [2.05, 4.69) is 0 Å². The fourth-order valence-corrected chi connectivity index (χ4v) is 4.75. The lowest BCUT2D eigenvalue weighted by Crippen LogP contribution is -2.16. The van der Waals surface area contributed by atoms with Crippen LogP contribution >= 0.6 is 7.60 Å². The van der Waals surface area contributed by atoms with Gasteiger partial charge in [0, 0.05) is 25.3 Å². The number of allylic oxidation sites excluding steroid dienone is 4. The molecule has 34 heavy (non-hydrogen) atoms. The van der Waals surface area contributed by atoms with Gasteiger partial charge in [0.25, 0.3) is 0 Å². The van der Waals surface area contributed by atoms with E-state index in [-0.39, 0.29) is 30.1 Å². The molecular weight excluding hydrogens is 463 g/mol. The van der Waals surface area contributed by atoms with Crippen LogP contribution in [0.4, 0.5) is 0 Å². The van der Waals surface area contributed by atoms with Gasteiger partial charge in [-0.3, -0.25) is 9.36 Å². The highest BCUT2D eigenvalue weighted by Gasteiger charge is 2.32. The van der Waals surface area contributed by atoms with Gasteiger partial charge in [0.05, 0.1) is 26.3 Å². The summed E-state index contributed by atoms with van der Waals surface area (Å²) in [7, 11) is 2.33. The number of fused-ring (bicyclic) bond motifs is 1. The number of phenolic OH excluding ortho intramolecular Hbond substituents is 1. The van der Waals surface area contributed by atoms with Crippen molar-refractivity contribution < 1.29 is 42.5 Å². The number of phenols is 1. The van der Waals surface area contributed by atoms with E-state index in [9.17, 15) is 19.3 Å². The number of benzene rings is 1. The summed E-state index contributed by atoms with van der Waals surface area (Å²) in [4.78, 5) is 24.4. The number of carbonyl (C=O) groups is 2. The second-order valence-electron chi connectivity index (χ2n) is 7.96. The van der Waals surface area contributed by atoms with Gasteiger partial charge < -0.3 is 28.4 Å². The van der Waals surface area contributed by atoms with Gasteiger partial charge in [0.2, 0.25) is 0 Å². The van der Waals surface area contributed by atoms with E-state index < -0.39 is 19.5 Å². The number of carbonyl (C=O) groups excluding carboxylic acids is 2. The van der Waals surface area contributed by atoms with E-state index in [4.69, 9.17) is 23.3 Å². The molecular formula is C24H33O9P. The highest BCUT2D eigenvalue weighted by molar-refractivity contribution is 7.54. The average molecular weight is 496 g/mol. The molecule has 0 bridgehead atoms. The van der Waals surface area contributed by atoms with Crippen molar-refractivity contribution in [3.05, 3.63) is 46.1 Å². The predicted molar refractivity (Wildman–Crippen MR) is 126 cm³/mol. The summed E-state index contributed by atoms with van der Waals surface area (Å²) in [6, 6.07) is 0. The number of hydrogen-bond donors (Lipinski definition) is 1. The van der Waals surface area contributed by atoms with Gasteiger partial charge in [-0.2, -0.15) is 0 Å². The molecule has 0 aromatic heterocycles. The maximum Gasteiger partial charge on any atom is 0.342 e. The second kappa shape index (κ2) is 12.2. The van der Waals surface area contributed by atoms with Gasteiger partial charge in [0.1, 0.15) is 23.7 Å². The first-order chi connectivity index (χ1) is 16.1. The number of aromatic hydroxyl groups is 1. The Morgan fingerprint density at radius 3 is 2.47 bits per heavy atom. The summed E-state index contributed by atoms with van der Waals surface area (Å²) in [6.45, 7) is 3.81. The molecule has 1 N–H and O–H groups in total. The van der Waals surface area contributed by atoms with Crippen LogP contribution in [-0.2, 0) is 40.9 Å². The number of ether oxygens (including phenoxy) is 3. The highest BCUT2D eigenvalue weighted by atomic mass is 31.2. The summed E-state index contributed by atoms with van der Waals surface area (Å²) in [6.07, 6.45) is 6.50. The monoisotopic (exact) mass is 496 g/mol. The molecule has 1 aromatic carbocycles. The fraction of sp³-hybridized carbons (Fsp3) is 0.500. The zero-order valence-electron chi connectivity index (χ0n) is 20.5. The summed E-state index contributed by atoms with van der Waals surface area (Å²) in [5, 5.41) is 10.8. The number of cyclic esters (lactones) is 1. The van der Waals surface area contributed by atoms with Crippen LogP contribution in [0.1, 0.15) is 46.8 Å². The normalized spacial score (nSPS) is 14.8. The lowest BCUT2D eigenvalue weighted by Gasteiger charge is -2.16. The van der Waals surface area contributed by atoms with Crippen LogP contribution in [-0.4, -0.2) is 51.6 Å². The first-order valence-corrected chi connectivity index (χ1v) is 12.5. The van der Waals surface area contributed by atoms with Gasteiger partial charge in [-0.15, -0.1) is 0 Å². The van der Waals surface area contributed by atoms with Gasteiger partial charge in [-0.05, 0) is 38.7 Å². The van der Waals surface area contributed by atoms with Crippen molar-refractivity contribution in [3.8, 4) is 11.5 Å². The topological polar surface area (TPSA) is 118 Å². The SMILES string of the molecule is COC(=O)C(C/C=C/CP(=O)(OC)OC)C/C(C)=C/Cc1c(O)c2c(c(C)c1OC)COC2=O. The molecule has 0 amide bonds. The fourth-order valence-electron chi connectivity index (χ4n) is 3.89. The Labute approximate surface area is 200 Å². The van der Waals surface area contributed by atoms with Gasteiger partial charge in [-0.1, -0.05) is 23.8 Å². The third-order valence-electron chi connectivity index (χ3n) is 5.88. The van der Waals surface area contributed by atoms with Crippen LogP contribution in [0.25, 0.3) is 0 Å². The number of hydrogen-bond acceptors (Lipinski definition) is 9. The van der Waals surface area contributed by atoms with Crippen LogP contribution < -0.4 is 4.74 Å². The van der Waals surface area contributed by atoms with E-state index in [1.165, 1.54) is 28.4 Å². The summed E-state index contributed by atoms with van der Waals surface area (Å²) in [5.74, 6) is -1.00. The predicted octanol–water partition coefficient (Wildman–Crippen LogP) is 4.48. The minimum Gasteiger partial charge on any atom is -0.507 e. The number of esters is 2. The highest BCUT2D eigenvalue weighted by Crippen LogP contribution is 2.46.